The molecule has 1 aliphatic heterocycles. The van der Waals surface area contributed by atoms with Crippen molar-refractivity contribution in [1.82, 2.24) is 14.3 Å². The molecule has 0 atom stereocenters. The molecule has 0 unspecified atom stereocenters. The quantitative estimate of drug-likeness (QED) is 0.402. The molecule has 1 aromatic carbocycles. The van der Waals surface area contributed by atoms with Crippen LogP contribution >= 0.6 is 24.0 Å². The molecule has 174 valence electrons. The third-order valence-corrected chi connectivity index (χ3v) is 7.48. The molecule has 3 heterocycles. The Morgan fingerprint density at radius 3 is 2.65 bits per heavy atom. The zero-order valence-electron chi connectivity index (χ0n) is 18.6. The van der Waals surface area contributed by atoms with Gasteiger partial charge in [0.15, 0.2) is 0 Å². The van der Waals surface area contributed by atoms with Crippen molar-refractivity contribution >= 4 is 51.7 Å². The number of fused-ring (bicyclic) bond motifs is 1. The van der Waals surface area contributed by atoms with E-state index in [1.54, 1.807) is 24.4 Å². The number of thioether (sulfide) groups is 1. The first-order chi connectivity index (χ1) is 16.4. The van der Waals surface area contributed by atoms with E-state index in [0.717, 1.165) is 48.6 Å². The van der Waals surface area contributed by atoms with Crippen molar-refractivity contribution in [2.24, 2.45) is 0 Å². The number of anilines is 1. The van der Waals surface area contributed by atoms with E-state index in [0.29, 0.717) is 26.3 Å². The Bertz CT molecular complexity index is 1380. The third-order valence-electron chi connectivity index (χ3n) is 6.10. The predicted molar refractivity (Wildman–Crippen MR) is 137 cm³/mol. The summed E-state index contributed by atoms with van der Waals surface area (Å²) < 4.78 is 15.2. The maximum absolute atomic E-state index is 13.5. The number of amides is 1. The second-order valence-corrected chi connectivity index (χ2v) is 10.3. The Hall–Kier alpha value is -3.04. The van der Waals surface area contributed by atoms with Gasteiger partial charge in [0.05, 0.1) is 17.0 Å². The van der Waals surface area contributed by atoms with E-state index >= 15 is 0 Å². The topological polar surface area (TPSA) is 66.7 Å². The summed E-state index contributed by atoms with van der Waals surface area (Å²) in [5, 5.41) is 3.44. The number of hydrogen-bond donors (Lipinski definition) is 1. The van der Waals surface area contributed by atoms with Gasteiger partial charge in [-0.15, -0.1) is 0 Å². The summed E-state index contributed by atoms with van der Waals surface area (Å²) in [5.74, 6) is -0.125. The summed E-state index contributed by atoms with van der Waals surface area (Å²) >= 11 is 6.61. The highest BCUT2D eigenvalue weighted by molar-refractivity contribution is 8.26. The number of rotatable bonds is 5. The van der Waals surface area contributed by atoms with Crippen molar-refractivity contribution in [3.63, 3.8) is 0 Å². The maximum Gasteiger partial charge on any atom is 0.267 e. The number of aryl methyl sites for hydroxylation is 1. The molecule has 5 rings (SSSR count). The van der Waals surface area contributed by atoms with Gasteiger partial charge in [-0.3, -0.25) is 18.9 Å². The summed E-state index contributed by atoms with van der Waals surface area (Å²) in [6.45, 7) is 2.15. The average molecular weight is 495 g/mol. The van der Waals surface area contributed by atoms with Gasteiger partial charge >= 0.3 is 0 Å². The van der Waals surface area contributed by atoms with E-state index in [1.807, 2.05) is 19.1 Å². The third kappa shape index (κ3) is 4.50. The average Bonchev–Trinajstić information content (AvgIpc) is 3.42. The fourth-order valence-corrected chi connectivity index (χ4v) is 5.54. The molecule has 6 nitrogen and oxygen atoms in total. The van der Waals surface area contributed by atoms with Crippen LogP contribution in [-0.2, 0) is 11.3 Å². The van der Waals surface area contributed by atoms with Gasteiger partial charge in [0.2, 0.25) is 0 Å². The lowest BCUT2D eigenvalue weighted by atomic mass is 10.2. The molecular weight excluding hydrogens is 471 g/mol. The minimum absolute atomic E-state index is 0.238. The summed E-state index contributed by atoms with van der Waals surface area (Å²) in [7, 11) is 0. The highest BCUT2D eigenvalue weighted by Crippen LogP contribution is 2.34. The molecule has 0 bridgehead atoms. The van der Waals surface area contributed by atoms with Gasteiger partial charge in [0.1, 0.15) is 21.6 Å². The van der Waals surface area contributed by atoms with Gasteiger partial charge < -0.3 is 5.32 Å². The Kier molecular flexibility index (Phi) is 6.22. The monoisotopic (exact) mass is 494 g/mol. The lowest BCUT2D eigenvalue weighted by Gasteiger charge is -2.16. The zero-order chi connectivity index (χ0) is 23.8. The molecule has 1 saturated heterocycles. The second-order valence-electron chi connectivity index (χ2n) is 8.63. The van der Waals surface area contributed by atoms with Crippen LogP contribution in [0.1, 0.15) is 42.4 Å². The van der Waals surface area contributed by atoms with Gasteiger partial charge in [0, 0.05) is 12.2 Å². The largest absolute Gasteiger partial charge is 0.367 e. The number of halogens is 1. The van der Waals surface area contributed by atoms with Crippen LogP contribution in [0.15, 0.2) is 52.3 Å². The highest BCUT2D eigenvalue weighted by atomic mass is 32.2. The SMILES string of the molecule is Cc1ccc2nc(NC3CCCC3)c(C=C3SC(=S)N(Cc4ccc(F)cc4)C3=O)c(=O)n2c1. The normalized spacial score (nSPS) is 17.9. The number of hydrogen-bond acceptors (Lipinski definition) is 6. The molecule has 2 aliphatic rings. The Labute approximate surface area is 205 Å². The van der Waals surface area contributed by atoms with Crippen molar-refractivity contribution in [2.45, 2.75) is 45.2 Å². The number of nitrogens with one attached hydrogen (secondary N) is 1. The van der Waals surface area contributed by atoms with Crippen LogP contribution in [0.5, 0.6) is 0 Å². The summed E-state index contributed by atoms with van der Waals surface area (Å²) in [4.78, 5) is 33.3. The van der Waals surface area contributed by atoms with Crippen molar-refractivity contribution in [1.29, 1.82) is 0 Å². The molecule has 34 heavy (non-hydrogen) atoms. The van der Waals surface area contributed by atoms with Gasteiger partial charge in [0.25, 0.3) is 11.5 Å². The van der Waals surface area contributed by atoms with Crippen molar-refractivity contribution in [2.75, 3.05) is 5.32 Å². The van der Waals surface area contributed by atoms with Crippen LogP contribution in [0.2, 0.25) is 0 Å². The predicted octanol–water partition coefficient (Wildman–Crippen LogP) is 4.90. The maximum atomic E-state index is 13.5. The van der Waals surface area contributed by atoms with Crippen LogP contribution in [0, 0.1) is 12.7 Å². The second kappa shape index (κ2) is 9.31. The first kappa shape index (κ1) is 22.7. The summed E-state index contributed by atoms with van der Waals surface area (Å²) in [5.41, 5.74) is 2.36. The van der Waals surface area contributed by atoms with E-state index in [9.17, 15) is 14.0 Å². The minimum Gasteiger partial charge on any atom is -0.367 e. The lowest BCUT2D eigenvalue weighted by molar-refractivity contribution is -0.122. The van der Waals surface area contributed by atoms with Crippen LogP contribution in [0.3, 0.4) is 0 Å². The van der Waals surface area contributed by atoms with Crippen molar-refractivity contribution in [3.8, 4) is 0 Å². The zero-order valence-corrected chi connectivity index (χ0v) is 20.2. The van der Waals surface area contributed by atoms with Gasteiger partial charge in [-0.1, -0.05) is 55.0 Å². The fraction of sp³-hybridized carbons (Fsp3) is 0.280. The number of carbonyl (C=O) groups is 1. The van der Waals surface area contributed by atoms with Gasteiger partial charge in [-0.25, -0.2) is 9.37 Å². The Morgan fingerprint density at radius 1 is 1.18 bits per heavy atom. The number of carbonyl (C=O) groups excluding carboxylic acids is 1. The van der Waals surface area contributed by atoms with E-state index in [1.165, 1.54) is 21.4 Å². The number of nitrogens with zero attached hydrogens (tertiary/aromatic N) is 3. The molecule has 2 fully saturated rings. The Morgan fingerprint density at radius 2 is 1.91 bits per heavy atom. The van der Waals surface area contributed by atoms with Gasteiger partial charge in [-0.05, 0) is 55.2 Å². The molecule has 3 aromatic rings. The first-order valence-electron chi connectivity index (χ1n) is 11.2. The smallest absolute Gasteiger partial charge is 0.267 e. The molecule has 9 heteroatoms. The summed E-state index contributed by atoms with van der Waals surface area (Å²) in [6.07, 6.45) is 7.68. The highest BCUT2D eigenvalue weighted by Gasteiger charge is 2.33. The van der Waals surface area contributed by atoms with E-state index in [4.69, 9.17) is 17.2 Å². The van der Waals surface area contributed by atoms with Crippen LogP contribution < -0.4 is 10.9 Å². The van der Waals surface area contributed by atoms with E-state index < -0.39 is 0 Å². The number of benzene rings is 1. The van der Waals surface area contributed by atoms with Crippen LogP contribution in [0.4, 0.5) is 10.2 Å². The molecule has 1 aliphatic carbocycles. The molecule has 1 saturated carbocycles. The van der Waals surface area contributed by atoms with Gasteiger partial charge in [-0.2, -0.15) is 0 Å². The van der Waals surface area contributed by atoms with Crippen LogP contribution in [0.25, 0.3) is 11.7 Å². The number of aromatic nitrogens is 2. The summed E-state index contributed by atoms with van der Waals surface area (Å²) in [6, 6.07) is 9.96. The lowest BCUT2D eigenvalue weighted by Crippen LogP contribution is -2.27. The fourth-order valence-electron chi connectivity index (χ4n) is 4.30. The first-order valence-corrected chi connectivity index (χ1v) is 12.4. The molecular formula is C25H23FN4O2S2. The van der Waals surface area contributed by atoms with Crippen LogP contribution in [-0.4, -0.2) is 30.6 Å². The van der Waals surface area contributed by atoms with Crippen molar-refractivity contribution < 1.29 is 9.18 Å². The molecule has 2 aromatic heterocycles. The molecule has 1 N–H and O–H groups in total. The molecule has 0 spiro atoms. The number of pyridine rings is 1. The standard InChI is InChI=1S/C25H23FN4O2S2/c1-15-6-11-21-28-22(27-18-4-2-3-5-18)19(23(31)29(21)13-15)12-20-24(32)30(25(33)34-20)14-16-7-9-17(26)10-8-16/h6-13,18,27H,2-5,14H2,1H3. The van der Waals surface area contributed by atoms with E-state index in [-0.39, 0.29) is 29.9 Å². The molecule has 0 radical (unpaired) electrons. The number of thiocarbonyl (C=S) groups is 1. The minimum atomic E-state index is -0.337. The Balaban J connectivity index is 1.53. The van der Waals surface area contributed by atoms with Crippen molar-refractivity contribution in [3.05, 3.63) is 80.4 Å². The van der Waals surface area contributed by atoms with E-state index in [2.05, 4.69) is 5.32 Å². The molecule has 1 amide bonds.